The molecule has 0 aromatic carbocycles. The number of rotatable bonds is 4. The highest BCUT2D eigenvalue weighted by atomic mass is 35.5. The van der Waals surface area contributed by atoms with Gasteiger partial charge in [0.15, 0.2) is 0 Å². The van der Waals surface area contributed by atoms with Crippen molar-refractivity contribution in [1.82, 2.24) is 29.5 Å². The highest BCUT2D eigenvalue weighted by Crippen LogP contribution is 2.21. The van der Waals surface area contributed by atoms with Crippen LogP contribution in [0.25, 0.3) is 5.78 Å². The van der Waals surface area contributed by atoms with Crippen LogP contribution in [0.1, 0.15) is 11.3 Å². The van der Waals surface area contributed by atoms with E-state index in [4.69, 9.17) is 11.6 Å². The van der Waals surface area contributed by atoms with Crippen LogP contribution in [-0.2, 0) is 6.42 Å². The highest BCUT2D eigenvalue weighted by Gasteiger charge is 2.11. The second-order valence-corrected chi connectivity index (χ2v) is 4.46. The Hall–Kier alpha value is -2.15. The highest BCUT2D eigenvalue weighted by molar-refractivity contribution is 6.30. The van der Waals surface area contributed by atoms with Crippen molar-refractivity contribution >= 4 is 23.2 Å². The largest absolute Gasteiger partial charge is 0.369 e. The maximum atomic E-state index is 6.08. The van der Waals surface area contributed by atoms with Crippen LogP contribution in [0.15, 0.2) is 18.9 Å². The van der Waals surface area contributed by atoms with Gasteiger partial charge in [0.1, 0.15) is 17.3 Å². The fraction of sp³-hybridized carbons (Fsp3) is 0.273. The van der Waals surface area contributed by atoms with Crippen LogP contribution in [0.4, 0.5) is 5.82 Å². The first-order valence-corrected chi connectivity index (χ1v) is 6.20. The standard InChI is InChI=1S/C11H12ClN7/c1-7-9(12)18-11-16-6-17-19(11)10(7)14-3-2-8-4-13-5-15-8/h4-6,14H,2-3H2,1H3,(H,13,15). The molecule has 0 radical (unpaired) electrons. The third-order valence-electron chi connectivity index (χ3n) is 2.85. The van der Waals surface area contributed by atoms with Crippen molar-refractivity contribution in [2.75, 3.05) is 11.9 Å². The topological polar surface area (TPSA) is 83.8 Å². The number of hydrogen-bond donors (Lipinski definition) is 2. The normalized spacial score (nSPS) is 11.1. The molecular formula is C11H12ClN7. The van der Waals surface area contributed by atoms with Crippen LogP contribution in [0, 0.1) is 6.92 Å². The second-order valence-electron chi connectivity index (χ2n) is 4.10. The van der Waals surface area contributed by atoms with Crippen LogP contribution in [-0.4, -0.2) is 36.1 Å². The maximum absolute atomic E-state index is 6.08. The third-order valence-corrected chi connectivity index (χ3v) is 3.21. The first kappa shape index (κ1) is 11.9. The molecule has 0 saturated heterocycles. The zero-order valence-corrected chi connectivity index (χ0v) is 11.0. The number of halogens is 1. The Labute approximate surface area is 114 Å². The molecule has 0 amide bonds. The predicted molar refractivity (Wildman–Crippen MR) is 71.3 cm³/mol. The number of H-pyrrole nitrogens is 1. The molecule has 0 aliphatic heterocycles. The van der Waals surface area contributed by atoms with Crippen molar-refractivity contribution in [2.45, 2.75) is 13.3 Å². The van der Waals surface area contributed by atoms with Gasteiger partial charge in [0.05, 0.1) is 6.33 Å². The van der Waals surface area contributed by atoms with Crippen LogP contribution < -0.4 is 5.32 Å². The van der Waals surface area contributed by atoms with Crippen molar-refractivity contribution in [3.63, 3.8) is 0 Å². The molecule has 0 aliphatic carbocycles. The van der Waals surface area contributed by atoms with Crippen LogP contribution in [0.5, 0.6) is 0 Å². The fourth-order valence-electron chi connectivity index (χ4n) is 1.84. The summed E-state index contributed by atoms with van der Waals surface area (Å²) in [6.07, 6.45) is 5.76. The lowest BCUT2D eigenvalue weighted by molar-refractivity contribution is 0.896. The number of anilines is 1. The van der Waals surface area contributed by atoms with E-state index in [1.165, 1.54) is 6.33 Å². The summed E-state index contributed by atoms with van der Waals surface area (Å²) in [5.41, 5.74) is 1.92. The van der Waals surface area contributed by atoms with Gasteiger partial charge in [-0.2, -0.15) is 19.6 Å². The average Bonchev–Trinajstić information content (AvgIpc) is 3.04. The van der Waals surface area contributed by atoms with Crippen LogP contribution >= 0.6 is 11.6 Å². The van der Waals surface area contributed by atoms with Gasteiger partial charge in [-0.15, -0.1) is 0 Å². The molecule has 0 aliphatic rings. The second kappa shape index (κ2) is 4.85. The van der Waals surface area contributed by atoms with E-state index < -0.39 is 0 Å². The molecule has 3 aromatic rings. The number of aromatic nitrogens is 6. The van der Waals surface area contributed by atoms with Gasteiger partial charge in [-0.3, -0.25) is 0 Å². The van der Waals surface area contributed by atoms with Crippen molar-refractivity contribution in [2.24, 2.45) is 0 Å². The molecule has 98 valence electrons. The monoisotopic (exact) mass is 277 g/mol. The molecule has 0 bridgehead atoms. The number of nitrogens with one attached hydrogen (secondary N) is 2. The molecule has 19 heavy (non-hydrogen) atoms. The van der Waals surface area contributed by atoms with Crippen LogP contribution in [0.2, 0.25) is 5.15 Å². The molecule has 0 fully saturated rings. The molecule has 0 unspecified atom stereocenters. The van der Waals surface area contributed by atoms with Crippen LogP contribution in [0.3, 0.4) is 0 Å². The minimum absolute atomic E-state index is 0.435. The van der Waals surface area contributed by atoms with E-state index in [0.29, 0.717) is 10.9 Å². The van der Waals surface area contributed by atoms with Crippen molar-refractivity contribution in [3.8, 4) is 0 Å². The first-order chi connectivity index (χ1) is 9.25. The predicted octanol–water partition coefficient (Wildman–Crippen LogP) is 1.46. The smallest absolute Gasteiger partial charge is 0.255 e. The molecule has 3 rings (SSSR count). The Balaban J connectivity index is 1.83. The number of nitrogens with zero attached hydrogens (tertiary/aromatic N) is 5. The summed E-state index contributed by atoms with van der Waals surface area (Å²) in [7, 11) is 0. The molecule has 3 aromatic heterocycles. The summed E-state index contributed by atoms with van der Waals surface area (Å²) in [4.78, 5) is 15.2. The van der Waals surface area contributed by atoms with E-state index in [0.717, 1.165) is 30.0 Å². The van der Waals surface area contributed by atoms with Crippen molar-refractivity contribution in [1.29, 1.82) is 0 Å². The number of fused-ring (bicyclic) bond motifs is 1. The zero-order chi connectivity index (χ0) is 13.2. The zero-order valence-electron chi connectivity index (χ0n) is 10.3. The SMILES string of the molecule is Cc1c(Cl)nc2ncnn2c1NCCc1cnc[nH]1. The quantitative estimate of drug-likeness (QED) is 0.706. The molecule has 3 heterocycles. The minimum atomic E-state index is 0.435. The number of imidazole rings is 1. The van der Waals surface area contributed by atoms with Gasteiger partial charge in [-0.1, -0.05) is 11.6 Å². The Bertz CT molecular complexity index is 688. The van der Waals surface area contributed by atoms with Gasteiger partial charge in [0.2, 0.25) is 0 Å². The van der Waals surface area contributed by atoms with E-state index in [9.17, 15) is 0 Å². The Kier molecular flexibility index (Phi) is 3.04. The molecule has 2 N–H and O–H groups in total. The molecule has 0 spiro atoms. The van der Waals surface area contributed by atoms with Gasteiger partial charge in [0, 0.05) is 30.4 Å². The van der Waals surface area contributed by atoms with Gasteiger partial charge >= 0.3 is 0 Å². The molecular weight excluding hydrogens is 266 g/mol. The summed E-state index contributed by atoms with van der Waals surface area (Å²) < 4.78 is 1.65. The summed E-state index contributed by atoms with van der Waals surface area (Å²) in [6, 6.07) is 0. The van der Waals surface area contributed by atoms with E-state index in [2.05, 4.69) is 30.4 Å². The van der Waals surface area contributed by atoms with E-state index in [-0.39, 0.29) is 0 Å². The number of aromatic amines is 1. The molecule has 8 heteroatoms. The van der Waals surface area contributed by atoms with Gasteiger partial charge in [-0.25, -0.2) is 4.98 Å². The summed E-state index contributed by atoms with van der Waals surface area (Å²) in [5.74, 6) is 1.30. The lowest BCUT2D eigenvalue weighted by Crippen LogP contribution is -2.12. The lowest BCUT2D eigenvalue weighted by Gasteiger charge is -2.11. The molecule has 0 saturated carbocycles. The lowest BCUT2D eigenvalue weighted by atomic mass is 10.3. The maximum Gasteiger partial charge on any atom is 0.255 e. The Morgan fingerprint density at radius 1 is 1.47 bits per heavy atom. The fourth-order valence-corrected chi connectivity index (χ4v) is 2.01. The number of hydrogen-bond acceptors (Lipinski definition) is 5. The third kappa shape index (κ3) is 2.24. The van der Waals surface area contributed by atoms with Gasteiger partial charge in [0.25, 0.3) is 5.78 Å². The van der Waals surface area contributed by atoms with Gasteiger partial charge < -0.3 is 10.3 Å². The first-order valence-electron chi connectivity index (χ1n) is 5.82. The van der Waals surface area contributed by atoms with E-state index in [1.54, 1.807) is 17.0 Å². The van der Waals surface area contributed by atoms with Crippen molar-refractivity contribution in [3.05, 3.63) is 35.3 Å². The van der Waals surface area contributed by atoms with E-state index in [1.807, 2.05) is 6.92 Å². The molecule has 0 atom stereocenters. The van der Waals surface area contributed by atoms with Gasteiger partial charge in [-0.05, 0) is 6.92 Å². The Morgan fingerprint density at radius 2 is 2.37 bits per heavy atom. The summed E-state index contributed by atoms with van der Waals surface area (Å²) in [5, 5.41) is 7.88. The van der Waals surface area contributed by atoms with E-state index >= 15 is 0 Å². The Morgan fingerprint density at radius 3 is 3.16 bits per heavy atom. The van der Waals surface area contributed by atoms with Crippen molar-refractivity contribution < 1.29 is 0 Å². The summed E-state index contributed by atoms with van der Waals surface area (Å²) >= 11 is 6.08. The summed E-state index contributed by atoms with van der Waals surface area (Å²) in [6.45, 7) is 2.63. The molecule has 7 nitrogen and oxygen atoms in total. The average molecular weight is 278 g/mol. The minimum Gasteiger partial charge on any atom is -0.369 e.